The van der Waals surface area contributed by atoms with Crippen molar-refractivity contribution in [1.29, 1.82) is 0 Å². The molecule has 0 saturated carbocycles. The van der Waals surface area contributed by atoms with Gasteiger partial charge < -0.3 is 4.90 Å². The number of hydrogen-bond acceptors (Lipinski definition) is 3. The first-order chi connectivity index (χ1) is 11.3. The highest BCUT2D eigenvalue weighted by Crippen LogP contribution is 2.34. The van der Waals surface area contributed by atoms with Crippen LogP contribution in [0.25, 0.3) is 0 Å². The van der Waals surface area contributed by atoms with E-state index in [1.165, 1.54) is 11.1 Å². The average molecular weight is 310 g/mol. The van der Waals surface area contributed by atoms with Crippen molar-refractivity contribution in [3.8, 4) is 0 Å². The standard InChI is InChI=1S/C18H22N4O/c23-18(17-7-3-5-14-4-1-2-6-16(14)17)21-10-8-15(9-11-21)22-13-19-12-20-22/h1-2,4,6,12-13,15,17H,3,5,7-11H2/t17-/m1/s1. The molecule has 1 saturated heterocycles. The number of amides is 1. The van der Waals surface area contributed by atoms with Crippen molar-refractivity contribution in [3.63, 3.8) is 0 Å². The summed E-state index contributed by atoms with van der Waals surface area (Å²) in [4.78, 5) is 19.1. The molecule has 23 heavy (non-hydrogen) atoms. The summed E-state index contributed by atoms with van der Waals surface area (Å²) in [5, 5.41) is 4.23. The zero-order valence-corrected chi connectivity index (χ0v) is 13.3. The third-order valence-corrected chi connectivity index (χ3v) is 5.25. The number of fused-ring (bicyclic) bond motifs is 1. The van der Waals surface area contributed by atoms with E-state index in [-0.39, 0.29) is 5.92 Å². The molecule has 120 valence electrons. The molecule has 1 fully saturated rings. The Kier molecular flexibility index (Phi) is 3.85. The second-order valence-electron chi connectivity index (χ2n) is 6.58. The Bertz CT molecular complexity index is 674. The van der Waals surface area contributed by atoms with Crippen LogP contribution in [0.4, 0.5) is 0 Å². The highest BCUT2D eigenvalue weighted by molar-refractivity contribution is 5.84. The minimum Gasteiger partial charge on any atom is -0.342 e. The molecule has 5 heteroatoms. The van der Waals surface area contributed by atoms with Crippen LogP contribution in [0.5, 0.6) is 0 Å². The van der Waals surface area contributed by atoms with E-state index < -0.39 is 0 Å². The first kappa shape index (κ1) is 14.4. The van der Waals surface area contributed by atoms with E-state index in [0.717, 1.165) is 45.2 Å². The van der Waals surface area contributed by atoms with E-state index in [2.05, 4.69) is 39.2 Å². The zero-order chi connectivity index (χ0) is 15.6. The molecule has 1 amide bonds. The Morgan fingerprint density at radius 1 is 1.13 bits per heavy atom. The van der Waals surface area contributed by atoms with Crippen LogP contribution >= 0.6 is 0 Å². The molecule has 0 bridgehead atoms. The summed E-state index contributed by atoms with van der Waals surface area (Å²) in [5.74, 6) is 0.372. The quantitative estimate of drug-likeness (QED) is 0.856. The summed E-state index contributed by atoms with van der Waals surface area (Å²) in [6, 6.07) is 8.82. The first-order valence-corrected chi connectivity index (χ1v) is 8.53. The van der Waals surface area contributed by atoms with Crippen molar-refractivity contribution in [2.75, 3.05) is 13.1 Å². The summed E-state index contributed by atoms with van der Waals surface area (Å²) in [6.07, 6.45) is 8.49. The summed E-state index contributed by atoms with van der Waals surface area (Å²) in [6.45, 7) is 1.64. The molecule has 2 aromatic rings. The number of rotatable bonds is 2. The van der Waals surface area contributed by atoms with Gasteiger partial charge in [0, 0.05) is 13.1 Å². The minimum absolute atomic E-state index is 0.0582. The SMILES string of the molecule is O=C([C@@H]1CCCc2ccccc21)N1CCC(n2cncn2)CC1. The lowest BCUT2D eigenvalue weighted by atomic mass is 9.82. The molecule has 1 aliphatic heterocycles. The van der Waals surface area contributed by atoms with Gasteiger partial charge in [-0.05, 0) is 43.2 Å². The van der Waals surface area contributed by atoms with Gasteiger partial charge in [0.1, 0.15) is 12.7 Å². The molecule has 2 aliphatic rings. The molecule has 0 N–H and O–H groups in total. The Morgan fingerprint density at radius 2 is 1.96 bits per heavy atom. The molecule has 1 aromatic heterocycles. The molecule has 1 atom stereocenters. The van der Waals surface area contributed by atoms with E-state index in [1.807, 2.05) is 4.68 Å². The number of likely N-dealkylation sites (tertiary alicyclic amines) is 1. The summed E-state index contributed by atoms with van der Waals surface area (Å²) < 4.78 is 1.93. The van der Waals surface area contributed by atoms with Gasteiger partial charge in [0.25, 0.3) is 0 Å². The van der Waals surface area contributed by atoms with Crippen LogP contribution < -0.4 is 0 Å². The third-order valence-electron chi connectivity index (χ3n) is 5.25. The van der Waals surface area contributed by atoms with Crippen LogP contribution in [0.3, 0.4) is 0 Å². The van der Waals surface area contributed by atoms with Crippen LogP contribution in [0.1, 0.15) is 48.8 Å². The number of aryl methyl sites for hydroxylation is 1. The van der Waals surface area contributed by atoms with Crippen molar-refractivity contribution in [2.45, 2.75) is 44.1 Å². The van der Waals surface area contributed by atoms with E-state index in [0.29, 0.717) is 11.9 Å². The van der Waals surface area contributed by atoms with Crippen LogP contribution in [0.2, 0.25) is 0 Å². The number of piperidine rings is 1. The lowest BCUT2D eigenvalue weighted by Gasteiger charge is -2.35. The number of benzene rings is 1. The molecule has 5 nitrogen and oxygen atoms in total. The largest absolute Gasteiger partial charge is 0.342 e. The number of hydrogen-bond donors (Lipinski definition) is 0. The van der Waals surface area contributed by atoms with Gasteiger partial charge in [-0.25, -0.2) is 9.67 Å². The third kappa shape index (κ3) is 2.76. The van der Waals surface area contributed by atoms with Gasteiger partial charge in [-0.15, -0.1) is 0 Å². The van der Waals surface area contributed by atoms with Gasteiger partial charge in [-0.1, -0.05) is 24.3 Å². The van der Waals surface area contributed by atoms with Crippen molar-refractivity contribution in [1.82, 2.24) is 19.7 Å². The highest BCUT2D eigenvalue weighted by atomic mass is 16.2. The van der Waals surface area contributed by atoms with Crippen molar-refractivity contribution in [3.05, 3.63) is 48.0 Å². The fourth-order valence-electron chi connectivity index (χ4n) is 3.99. The second kappa shape index (κ2) is 6.14. The smallest absolute Gasteiger partial charge is 0.230 e. The molecule has 4 rings (SSSR count). The van der Waals surface area contributed by atoms with E-state index in [1.54, 1.807) is 12.7 Å². The summed E-state index contributed by atoms with van der Waals surface area (Å²) in [5.41, 5.74) is 2.61. The van der Waals surface area contributed by atoms with E-state index in [9.17, 15) is 4.79 Å². The van der Waals surface area contributed by atoms with Gasteiger partial charge >= 0.3 is 0 Å². The van der Waals surface area contributed by atoms with Gasteiger partial charge in [-0.2, -0.15) is 5.10 Å². The first-order valence-electron chi connectivity index (χ1n) is 8.53. The fraction of sp³-hybridized carbons (Fsp3) is 0.500. The molecule has 0 radical (unpaired) electrons. The maximum atomic E-state index is 13.0. The van der Waals surface area contributed by atoms with Gasteiger partial charge in [0.2, 0.25) is 5.91 Å². The van der Waals surface area contributed by atoms with Crippen LogP contribution in [-0.4, -0.2) is 38.7 Å². The number of carbonyl (C=O) groups is 1. The van der Waals surface area contributed by atoms with Crippen LogP contribution in [0.15, 0.2) is 36.9 Å². The Balaban J connectivity index is 1.45. The molecule has 0 spiro atoms. The Morgan fingerprint density at radius 3 is 2.74 bits per heavy atom. The second-order valence-corrected chi connectivity index (χ2v) is 6.58. The van der Waals surface area contributed by atoms with Gasteiger partial charge in [0.05, 0.1) is 12.0 Å². The normalized spacial score (nSPS) is 21.9. The summed E-state index contributed by atoms with van der Waals surface area (Å²) in [7, 11) is 0. The lowest BCUT2D eigenvalue weighted by molar-refractivity contribution is -0.134. The number of aromatic nitrogens is 3. The Labute approximate surface area is 136 Å². The van der Waals surface area contributed by atoms with Crippen molar-refractivity contribution >= 4 is 5.91 Å². The molecular formula is C18H22N4O. The van der Waals surface area contributed by atoms with E-state index >= 15 is 0 Å². The molecular weight excluding hydrogens is 288 g/mol. The summed E-state index contributed by atoms with van der Waals surface area (Å²) >= 11 is 0. The van der Waals surface area contributed by atoms with Gasteiger partial charge in [0.15, 0.2) is 0 Å². The average Bonchev–Trinajstić information content (AvgIpc) is 3.15. The topological polar surface area (TPSA) is 51.0 Å². The maximum Gasteiger partial charge on any atom is 0.230 e. The van der Waals surface area contributed by atoms with Crippen LogP contribution in [0, 0.1) is 0 Å². The predicted molar refractivity (Wildman–Crippen MR) is 87.0 cm³/mol. The molecule has 2 heterocycles. The van der Waals surface area contributed by atoms with E-state index in [4.69, 9.17) is 0 Å². The lowest BCUT2D eigenvalue weighted by Crippen LogP contribution is -2.42. The van der Waals surface area contributed by atoms with Crippen molar-refractivity contribution in [2.24, 2.45) is 0 Å². The predicted octanol–water partition coefficient (Wildman–Crippen LogP) is 2.56. The zero-order valence-electron chi connectivity index (χ0n) is 13.3. The minimum atomic E-state index is 0.0582. The number of carbonyl (C=O) groups excluding carboxylic acids is 1. The number of nitrogens with zero attached hydrogens (tertiary/aromatic N) is 4. The highest BCUT2D eigenvalue weighted by Gasteiger charge is 2.32. The molecule has 1 aliphatic carbocycles. The maximum absolute atomic E-state index is 13.0. The van der Waals surface area contributed by atoms with Crippen molar-refractivity contribution < 1.29 is 4.79 Å². The van der Waals surface area contributed by atoms with Crippen LogP contribution in [-0.2, 0) is 11.2 Å². The molecule has 0 unspecified atom stereocenters. The monoisotopic (exact) mass is 310 g/mol. The molecule has 1 aromatic carbocycles. The Hall–Kier alpha value is -2.17. The fourth-order valence-corrected chi connectivity index (χ4v) is 3.99. The van der Waals surface area contributed by atoms with Gasteiger partial charge in [-0.3, -0.25) is 4.79 Å².